The zero-order valence-electron chi connectivity index (χ0n) is 11.7. The number of aryl methyl sites for hydroxylation is 1. The van der Waals surface area contributed by atoms with Crippen LogP contribution in [0, 0.1) is 6.92 Å². The Hall–Kier alpha value is -0.773. The van der Waals surface area contributed by atoms with E-state index >= 15 is 0 Å². The minimum absolute atomic E-state index is 0. The molecule has 5 heteroatoms. The molecule has 1 atom stereocenters. The zero-order valence-corrected chi connectivity index (χ0v) is 13.5. The summed E-state index contributed by atoms with van der Waals surface area (Å²) in [5.41, 5.74) is 1.57. The Labute approximate surface area is 137 Å². The number of carbonyl (C=O) groups excluding carboxylic acids is 1. The van der Waals surface area contributed by atoms with E-state index in [9.17, 15) is 4.79 Å². The number of benzene rings is 2. The third-order valence-corrected chi connectivity index (χ3v) is 4.44. The number of hydrogen-bond donors (Lipinski definition) is 0. The summed E-state index contributed by atoms with van der Waals surface area (Å²) in [5.74, 6) is 0.526. The average Bonchev–Trinajstić information content (AvgIpc) is 2.40. The summed E-state index contributed by atoms with van der Waals surface area (Å²) in [5, 5.41) is 1.47. The molecule has 0 spiro atoms. The van der Waals surface area contributed by atoms with Crippen molar-refractivity contribution in [2.45, 2.75) is 6.92 Å². The van der Waals surface area contributed by atoms with E-state index in [0.29, 0.717) is 16.3 Å². The van der Waals surface area contributed by atoms with Crippen molar-refractivity contribution in [2.75, 3.05) is 7.11 Å². The Balaban J connectivity index is 0.00000200. The molecule has 0 fully saturated rings. The van der Waals surface area contributed by atoms with Crippen molar-refractivity contribution in [1.29, 1.82) is 0 Å². The fourth-order valence-corrected chi connectivity index (χ4v) is 3.21. The number of rotatable bonds is 4. The molecular weight excluding hydrogens is 286 g/mol. The van der Waals surface area contributed by atoms with Crippen LogP contribution in [0.4, 0.5) is 0 Å². The second-order valence-corrected chi connectivity index (χ2v) is 5.74. The maximum atomic E-state index is 12.4. The zero-order chi connectivity index (χ0) is 13.8. The molecule has 0 aromatic heterocycles. The first-order valence-electron chi connectivity index (χ1n) is 5.83. The van der Waals surface area contributed by atoms with Gasteiger partial charge in [-0.1, -0.05) is 41.9 Å². The van der Waals surface area contributed by atoms with E-state index in [4.69, 9.17) is 16.3 Å². The molecule has 2 aromatic rings. The average molecular weight is 300 g/mol. The fourth-order valence-electron chi connectivity index (χ4n) is 1.79. The molecule has 0 amide bonds. The first-order valence-corrected chi connectivity index (χ1v) is 7.20. The van der Waals surface area contributed by atoms with Crippen molar-refractivity contribution in [3.05, 3.63) is 58.6 Å². The Bertz CT molecular complexity index is 617. The molecule has 1 unspecified atom stereocenters. The first-order chi connectivity index (χ1) is 9.13. The van der Waals surface area contributed by atoms with Crippen LogP contribution >= 0.6 is 20.2 Å². The van der Waals surface area contributed by atoms with Gasteiger partial charge in [0.2, 0.25) is 0 Å². The largest absolute Gasteiger partial charge is 0.496 e. The topological polar surface area (TPSA) is 26.3 Å². The first kappa shape index (κ1) is 17.3. The summed E-state index contributed by atoms with van der Waals surface area (Å²) in [6.45, 7) is 2.00. The molecule has 0 aliphatic rings. The Morgan fingerprint density at radius 2 is 1.85 bits per heavy atom. The Kier molecular flexibility index (Phi) is 6.79. The van der Waals surface area contributed by atoms with Crippen molar-refractivity contribution in [1.82, 2.24) is 0 Å². The van der Waals surface area contributed by atoms with E-state index in [-0.39, 0.29) is 33.0 Å². The molecule has 0 saturated carbocycles. The number of halogens is 1. The molecule has 2 nitrogen and oxygen atoms in total. The predicted molar refractivity (Wildman–Crippen MR) is 87.2 cm³/mol. The van der Waals surface area contributed by atoms with Crippen LogP contribution in [0.1, 0.15) is 15.9 Å². The van der Waals surface area contributed by atoms with Crippen LogP contribution in [0.15, 0.2) is 42.5 Å². The molecular formula is C15H14ClLiO2P. The summed E-state index contributed by atoms with van der Waals surface area (Å²) in [7, 11) is 1.59. The summed E-state index contributed by atoms with van der Waals surface area (Å²) in [6, 6.07) is 13.1. The van der Waals surface area contributed by atoms with Crippen molar-refractivity contribution >= 4 is 49.9 Å². The molecule has 1 radical (unpaired) electrons. The third-order valence-electron chi connectivity index (χ3n) is 2.82. The molecule has 2 rings (SSSR count). The van der Waals surface area contributed by atoms with E-state index < -0.39 is 0 Å². The normalized spacial score (nSPS) is 10.3. The number of hydrogen-bond acceptors (Lipinski definition) is 2. The smallest absolute Gasteiger partial charge is 0.190 e. The quantitative estimate of drug-likeness (QED) is 0.639. The van der Waals surface area contributed by atoms with Crippen LogP contribution < -0.4 is 10.0 Å². The molecule has 0 heterocycles. The van der Waals surface area contributed by atoms with Gasteiger partial charge in [-0.15, -0.1) is 0 Å². The van der Waals surface area contributed by atoms with Crippen molar-refractivity contribution in [3.63, 3.8) is 0 Å². The van der Waals surface area contributed by atoms with Gasteiger partial charge in [0.05, 0.1) is 17.7 Å². The Morgan fingerprint density at radius 1 is 1.15 bits per heavy atom. The van der Waals surface area contributed by atoms with Crippen LogP contribution in [0.5, 0.6) is 5.75 Å². The summed E-state index contributed by atoms with van der Waals surface area (Å²) >= 11 is 6.11. The Morgan fingerprint density at radius 3 is 2.50 bits per heavy atom. The van der Waals surface area contributed by atoms with Crippen molar-refractivity contribution < 1.29 is 9.53 Å². The van der Waals surface area contributed by atoms with Crippen LogP contribution in [0.3, 0.4) is 0 Å². The van der Waals surface area contributed by atoms with Gasteiger partial charge in [0.15, 0.2) is 5.52 Å². The van der Waals surface area contributed by atoms with E-state index in [0.717, 1.165) is 10.9 Å². The van der Waals surface area contributed by atoms with Gasteiger partial charge in [-0.2, -0.15) is 0 Å². The monoisotopic (exact) mass is 299 g/mol. The van der Waals surface area contributed by atoms with Gasteiger partial charge in [-0.05, 0) is 38.5 Å². The maximum Gasteiger partial charge on any atom is 0.190 e. The van der Waals surface area contributed by atoms with Crippen LogP contribution in [-0.4, -0.2) is 31.5 Å². The van der Waals surface area contributed by atoms with Crippen molar-refractivity contribution in [2.24, 2.45) is 0 Å². The molecule has 0 saturated heterocycles. The van der Waals surface area contributed by atoms with E-state index in [2.05, 4.69) is 0 Å². The molecule has 0 aliphatic heterocycles. The van der Waals surface area contributed by atoms with E-state index in [1.165, 1.54) is 0 Å². The number of methoxy groups -OCH3 is 1. The minimum Gasteiger partial charge on any atom is -0.496 e. The fraction of sp³-hybridized carbons (Fsp3) is 0.133. The molecule has 0 bridgehead atoms. The predicted octanol–water partition coefficient (Wildman–Crippen LogP) is 3.42. The second kappa shape index (κ2) is 7.86. The van der Waals surface area contributed by atoms with Crippen LogP contribution in [-0.2, 0) is 0 Å². The molecule has 0 aliphatic carbocycles. The number of carbonyl (C=O) groups is 1. The number of ether oxygens (including phenoxy) is 1. The van der Waals surface area contributed by atoms with E-state index in [1.54, 1.807) is 25.3 Å². The van der Waals surface area contributed by atoms with Gasteiger partial charge in [-0.25, -0.2) is 0 Å². The van der Waals surface area contributed by atoms with Crippen LogP contribution in [0.25, 0.3) is 0 Å². The van der Waals surface area contributed by atoms with Gasteiger partial charge in [0.1, 0.15) is 5.75 Å². The van der Waals surface area contributed by atoms with Gasteiger partial charge in [0, 0.05) is 18.9 Å². The maximum absolute atomic E-state index is 12.4. The second-order valence-electron chi connectivity index (χ2n) is 4.09. The molecule has 99 valence electrons. The standard InChI is InChI=1S/C15H14ClO2P.Li/c1-10-6-3-4-9-13(10)19-15(17)14-11(16)7-5-8-12(14)18-2;/h3-9,19H,1-2H3;. The molecule has 2 aromatic carbocycles. The van der Waals surface area contributed by atoms with Crippen LogP contribution in [0.2, 0.25) is 5.02 Å². The van der Waals surface area contributed by atoms with Gasteiger partial charge < -0.3 is 4.74 Å². The van der Waals surface area contributed by atoms with Gasteiger partial charge in [-0.3, -0.25) is 4.79 Å². The minimum atomic E-state index is -0.00301. The summed E-state index contributed by atoms with van der Waals surface area (Å²) < 4.78 is 5.21. The van der Waals surface area contributed by atoms with Crippen molar-refractivity contribution in [3.8, 4) is 5.75 Å². The summed E-state index contributed by atoms with van der Waals surface area (Å²) in [4.78, 5) is 12.4. The summed E-state index contributed by atoms with van der Waals surface area (Å²) in [6.07, 6.45) is 0. The molecule has 0 N–H and O–H groups in total. The van der Waals surface area contributed by atoms with Gasteiger partial charge in [0.25, 0.3) is 0 Å². The third kappa shape index (κ3) is 3.87. The van der Waals surface area contributed by atoms with E-state index in [1.807, 2.05) is 31.2 Å². The molecule has 20 heavy (non-hydrogen) atoms. The van der Waals surface area contributed by atoms with Gasteiger partial charge >= 0.3 is 0 Å². The SMILES string of the molecule is COc1cccc(Cl)c1C(=O)Pc1ccccc1C.[Li].